The second-order valence-electron chi connectivity index (χ2n) is 8.59. The maximum absolute atomic E-state index is 12.8. The highest BCUT2D eigenvalue weighted by atomic mass is 16.4. The summed E-state index contributed by atoms with van der Waals surface area (Å²) in [6, 6.07) is -4.69. The van der Waals surface area contributed by atoms with Gasteiger partial charge in [-0.3, -0.25) is 24.2 Å². The van der Waals surface area contributed by atoms with E-state index in [4.69, 9.17) is 22.9 Å². The zero-order valence-electron chi connectivity index (χ0n) is 20.0. The van der Waals surface area contributed by atoms with E-state index in [9.17, 15) is 29.1 Å². The van der Waals surface area contributed by atoms with Gasteiger partial charge in [0.05, 0.1) is 12.5 Å². The summed E-state index contributed by atoms with van der Waals surface area (Å²) in [6.45, 7) is 6.79. The zero-order chi connectivity index (χ0) is 26.6. The molecule has 0 saturated carbocycles. The average molecular weight is 487 g/mol. The molecule has 0 aromatic rings. The highest BCUT2D eigenvalue weighted by Gasteiger charge is 2.33. The summed E-state index contributed by atoms with van der Waals surface area (Å²) >= 11 is 0. The molecule has 0 fully saturated rings. The van der Waals surface area contributed by atoms with Gasteiger partial charge in [-0.2, -0.15) is 0 Å². The van der Waals surface area contributed by atoms with E-state index < -0.39 is 72.0 Å². The molecule has 0 saturated heterocycles. The molecule has 0 aliphatic heterocycles. The Balaban J connectivity index is 5.33. The SMILES string of the molecule is CC(C)C(NC(=O)C(NC(=O)C(CC(N)=O)NC(=O)C(N)CCCN=C(N)N)C(C)C)C(=O)O. The van der Waals surface area contributed by atoms with Gasteiger partial charge in [0.1, 0.15) is 18.1 Å². The maximum Gasteiger partial charge on any atom is 0.326 e. The average Bonchev–Trinajstić information content (AvgIpc) is 2.70. The monoisotopic (exact) mass is 486 g/mol. The molecule has 0 aromatic heterocycles. The zero-order valence-corrected chi connectivity index (χ0v) is 20.0. The van der Waals surface area contributed by atoms with Gasteiger partial charge in [0.25, 0.3) is 0 Å². The Morgan fingerprint density at radius 2 is 1.35 bits per heavy atom. The molecular formula is C20H38N8O6. The lowest BCUT2D eigenvalue weighted by atomic mass is 9.99. The van der Waals surface area contributed by atoms with Crippen molar-refractivity contribution in [1.29, 1.82) is 0 Å². The topological polar surface area (TPSA) is 258 Å². The molecule has 14 nitrogen and oxygen atoms in total. The molecule has 0 spiro atoms. The number of guanidine groups is 1. The van der Waals surface area contributed by atoms with Crippen molar-refractivity contribution in [3.8, 4) is 0 Å². The number of hydrogen-bond acceptors (Lipinski definition) is 7. The molecule has 14 heteroatoms. The Bertz CT molecular complexity index is 766. The van der Waals surface area contributed by atoms with Gasteiger partial charge in [-0.25, -0.2) is 4.79 Å². The normalized spacial score (nSPS) is 14.4. The van der Waals surface area contributed by atoms with Crippen molar-refractivity contribution < 1.29 is 29.1 Å². The van der Waals surface area contributed by atoms with Crippen molar-refractivity contribution in [3.63, 3.8) is 0 Å². The summed E-state index contributed by atoms with van der Waals surface area (Å²) in [5.41, 5.74) is 21.5. The van der Waals surface area contributed by atoms with Crippen LogP contribution in [-0.4, -0.2) is 71.4 Å². The number of rotatable bonds is 15. The number of carbonyl (C=O) groups excluding carboxylic acids is 4. The van der Waals surface area contributed by atoms with E-state index in [1.165, 1.54) is 0 Å². The Kier molecular flexibility index (Phi) is 13.2. The summed E-state index contributed by atoms with van der Waals surface area (Å²) in [6.07, 6.45) is 0.0696. The smallest absolute Gasteiger partial charge is 0.326 e. The molecule has 34 heavy (non-hydrogen) atoms. The van der Waals surface area contributed by atoms with Crippen LogP contribution in [0.2, 0.25) is 0 Å². The van der Waals surface area contributed by atoms with Gasteiger partial charge in [0, 0.05) is 6.54 Å². The summed E-state index contributed by atoms with van der Waals surface area (Å²) in [5.74, 6) is -5.28. The quantitative estimate of drug-likeness (QED) is 0.0669. The number of carbonyl (C=O) groups is 5. The van der Waals surface area contributed by atoms with E-state index in [0.717, 1.165) is 0 Å². The predicted molar refractivity (Wildman–Crippen MR) is 125 cm³/mol. The highest BCUT2D eigenvalue weighted by Crippen LogP contribution is 2.08. The Morgan fingerprint density at radius 1 is 0.824 bits per heavy atom. The molecule has 0 radical (unpaired) electrons. The lowest BCUT2D eigenvalue weighted by Crippen LogP contribution is -2.59. The van der Waals surface area contributed by atoms with Crippen LogP contribution in [0.3, 0.4) is 0 Å². The number of carboxylic acid groups (broad SMARTS) is 1. The van der Waals surface area contributed by atoms with Crippen LogP contribution in [0.15, 0.2) is 4.99 Å². The molecule has 4 unspecified atom stereocenters. The van der Waals surface area contributed by atoms with Crippen molar-refractivity contribution in [3.05, 3.63) is 0 Å². The van der Waals surface area contributed by atoms with E-state index in [0.29, 0.717) is 6.42 Å². The number of nitrogens with one attached hydrogen (secondary N) is 3. The van der Waals surface area contributed by atoms with Gasteiger partial charge in [0.15, 0.2) is 5.96 Å². The van der Waals surface area contributed by atoms with Crippen LogP contribution >= 0.6 is 0 Å². The number of carboxylic acids is 1. The molecule has 194 valence electrons. The predicted octanol–water partition coefficient (Wildman–Crippen LogP) is -2.91. The Hall–Kier alpha value is -3.42. The van der Waals surface area contributed by atoms with Crippen LogP contribution in [-0.2, 0) is 24.0 Å². The van der Waals surface area contributed by atoms with E-state index in [1.807, 2.05) is 0 Å². The third-order valence-corrected chi connectivity index (χ3v) is 4.82. The molecular weight excluding hydrogens is 448 g/mol. The summed E-state index contributed by atoms with van der Waals surface area (Å²) in [7, 11) is 0. The van der Waals surface area contributed by atoms with Crippen molar-refractivity contribution >= 4 is 35.6 Å². The fourth-order valence-corrected chi connectivity index (χ4v) is 2.89. The number of nitrogens with zero attached hydrogens (tertiary/aromatic N) is 1. The third kappa shape index (κ3) is 11.4. The molecule has 0 aliphatic carbocycles. The number of hydrogen-bond donors (Lipinski definition) is 8. The van der Waals surface area contributed by atoms with Gasteiger partial charge < -0.3 is 44.0 Å². The summed E-state index contributed by atoms with van der Waals surface area (Å²) in [4.78, 5) is 64.6. The number of amides is 4. The Morgan fingerprint density at radius 3 is 1.79 bits per heavy atom. The van der Waals surface area contributed by atoms with Crippen LogP contribution in [0, 0.1) is 11.8 Å². The molecule has 12 N–H and O–H groups in total. The molecule has 0 heterocycles. The maximum atomic E-state index is 12.8. The first-order valence-electron chi connectivity index (χ1n) is 10.9. The van der Waals surface area contributed by atoms with Crippen LogP contribution in [0.25, 0.3) is 0 Å². The second kappa shape index (κ2) is 14.7. The van der Waals surface area contributed by atoms with Crippen LogP contribution < -0.4 is 38.9 Å². The van der Waals surface area contributed by atoms with E-state index >= 15 is 0 Å². The number of primary amides is 1. The minimum absolute atomic E-state index is 0.0944. The van der Waals surface area contributed by atoms with Crippen LogP contribution in [0.4, 0.5) is 0 Å². The van der Waals surface area contributed by atoms with Gasteiger partial charge >= 0.3 is 5.97 Å². The minimum Gasteiger partial charge on any atom is -0.480 e. The first kappa shape index (κ1) is 30.6. The van der Waals surface area contributed by atoms with E-state index in [1.54, 1.807) is 27.7 Å². The standard InChI is InChI=1S/C20H38N8O6/c1-9(2)14(18(32)28-15(10(3)4)19(33)34)27-17(31)12(8-13(22)29)26-16(30)11(21)6-5-7-25-20(23)24/h9-12,14-15H,5-8,21H2,1-4H3,(H2,22,29)(H,26,30)(H,27,31)(H,28,32)(H,33,34)(H4,23,24,25). The first-order chi connectivity index (χ1) is 15.7. The first-order valence-corrected chi connectivity index (χ1v) is 10.9. The number of aliphatic imine (C=N–C) groups is 1. The van der Waals surface area contributed by atoms with Gasteiger partial charge in [-0.05, 0) is 24.7 Å². The molecule has 0 rings (SSSR count). The summed E-state index contributed by atoms with van der Waals surface area (Å²) in [5, 5.41) is 16.5. The van der Waals surface area contributed by atoms with Crippen LogP contribution in [0.1, 0.15) is 47.0 Å². The van der Waals surface area contributed by atoms with Crippen LogP contribution in [0.5, 0.6) is 0 Å². The van der Waals surface area contributed by atoms with Crippen molar-refractivity contribution in [2.24, 2.45) is 39.8 Å². The summed E-state index contributed by atoms with van der Waals surface area (Å²) < 4.78 is 0. The van der Waals surface area contributed by atoms with E-state index in [2.05, 4.69) is 20.9 Å². The molecule has 0 bridgehead atoms. The fraction of sp³-hybridized carbons (Fsp3) is 0.700. The van der Waals surface area contributed by atoms with Crippen molar-refractivity contribution in [2.75, 3.05) is 6.54 Å². The lowest BCUT2D eigenvalue weighted by molar-refractivity contribution is -0.144. The minimum atomic E-state index is -1.39. The largest absolute Gasteiger partial charge is 0.480 e. The molecule has 0 aliphatic rings. The number of aliphatic carboxylic acids is 1. The molecule has 4 amide bonds. The van der Waals surface area contributed by atoms with Gasteiger partial charge in [0.2, 0.25) is 23.6 Å². The van der Waals surface area contributed by atoms with Gasteiger partial charge in [-0.15, -0.1) is 0 Å². The van der Waals surface area contributed by atoms with E-state index in [-0.39, 0.29) is 18.9 Å². The third-order valence-electron chi connectivity index (χ3n) is 4.82. The van der Waals surface area contributed by atoms with Crippen molar-refractivity contribution in [1.82, 2.24) is 16.0 Å². The second-order valence-corrected chi connectivity index (χ2v) is 8.59. The fourth-order valence-electron chi connectivity index (χ4n) is 2.89. The molecule has 4 atom stereocenters. The van der Waals surface area contributed by atoms with Gasteiger partial charge in [-0.1, -0.05) is 27.7 Å². The number of nitrogens with two attached hydrogens (primary N) is 4. The molecule has 0 aromatic carbocycles. The highest BCUT2D eigenvalue weighted by molar-refractivity contribution is 5.96. The Labute approximate surface area is 198 Å². The lowest BCUT2D eigenvalue weighted by Gasteiger charge is -2.27. The van der Waals surface area contributed by atoms with Crippen molar-refractivity contribution in [2.45, 2.75) is 71.1 Å².